The molecule has 1 aromatic heterocycles. The first kappa shape index (κ1) is 11.6. The Balaban J connectivity index is 2.19. The summed E-state index contributed by atoms with van der Waals surface area (Å²) >= 11 is 0. The minimum absolute atomic E-state index is 0.186. The summed E-state index contributed by atoms with van der Waals surface area (Å²) in [6.07, 6.45) is 1.97. The molecule has 0 spiro atoms. The van der Waals surface area contributed by atoms with Gasteiger partial charge in [0, 0.05) is 11.9 Å². The van der Waals surface area contributed by atoms with E-state index in [1.54, 1.807) is 18.2 Å². The quantitative estimate of drug-likeness (QED) is 0.785. The molecular formula is C13H15FN2O. The molecule has 90 valence electrons. The molecule has 0 atom stereocenters. The van der Waals surface area contributed by atoms with Gasteiger partial charge >= 0.3 is 0 Å². The van der Waals surface area contributed by atoms with Gasteiger partial charge in [-0.1, -0.05) is 25.5 Å². The molecule has 0 saturated heterocycles. The summed E-state index contributed by atoms with van der Waals surface area (Å²) in [5.74, 6) is -0.524. The molecule has 4 heteroatoms. The normalized spacial score (nSPS) is 10.7. The molecule has 0 aliphatic rings. The standard InChI is InChI=1S/C13H15FN2O/c1-2-3-7-15-13(17)11-8-9-5-4-6-10(14)12(9)16-11/h4-6,8,16H,2-3,7H2,1H3,(H,15,17). The lowest BCUT2D eigenvalue weighted by Crippen LogP contribution is -2.24. The zero-order valence-electron chi connectivity index (χ0n) is 9.72. The van der Waals surface area contributed by atoms with Gasteiger partial charge in [0.1, 0.15) is 11.5 Å². The highest BCUT2D eigenvalue weighted by Gasteiger charge is 2.10. The van der Waals surface area contributed by atoms with Crippen molar-refractivity contribution < 1.29 is 9.18 Å². The van der Waals surface area contributed by atoms with E-state index in [1.807, 2.05) is 0 Å². The fourth-order valence-electron chi connectivity index (χ4n) is 1.72. The van der Waals surface area contributed by atoms with Gasteiger partial charge < -0.3 is 10.3 Å². The molecule has 3 nitrogen and oxygen atoms in total. The average Bonchev–Trinajstić information content (AvgIpc) is 2.75. The summed E-state index contributed by atoms with van der Waals surface area (Å²) < 4.78 is 13.4. The van der Waals surface area contributed by atoms with Crippen LogP contribution in [0.5, 0.6) is 0 Å². The molecule has 17 heavy (non-hydrogen) atoms. The highest BCUT2D eigenvalue weighted by atomic mass is 19.1. The van der Waals surface area contributed by atoms with Crippen LogP contribution in [0.3, 0.4) is 0 Å². The van der Waals surface area contributed by atoms with Gasteiger partial charge in [-0.3, -0.25) is 4.79 Å². The average molecular weight is 234 g/mol. The molecule has 0 fully saturated rings. The maximum atomic E-state index is 13.4. The Hall–Kier alpha value is -1.84. The van der Waals surface area contributed by atoms with Crippen LogP contribution in [0.15, 0.2) is 24.3 Å². The third-order valence-electron chi connectivity index (χ3n) is 2.67. The second-order valence-electron chi connectivity index (χ2n) is 4.00. The molecule has 2 N–H and O–H groups in total. The lowest BCUT2D eigenvalue weighted by molar-refractivity contribution is 0.0949. The van der Waals surface area contributed by atoms with Crippen molar-refractivity contribution in [2.24, 2.45) is 0 Å². The monoisotopic (exact) mass is 234 g/mol. The maximum Gasteiger partial charge on any atom is 0.267 e. The number of halogens is 1. The van der Waals surface area contributed by atoms with Crippen LogP contribution in [0.25, 0.3) is 10.9 Å². The first-order chi connectivity index (χ1) is 8.22. The number of aromatic nitrogens is 1. The smallest absolute Gasteiger partial charge is 0.267 e. The lowest BCUT2D eigenvalue weighted by atomic mass is 10.2. The molecule has 1 heterocycles. The van der Waals surface area contributed by atoms with E-state index >= 15 is 0 Å². The SMILES string of the molecule is CCCCNC(=O)c1cc2cccc(F)c2[nH]1. The van der Waals surface area contributed by atoms with E-state index < -0.39 is 0 Å². The van der Waals surface area contributed by atoms with Crippen molar-refractivity contribution >= 4 is 16.8 Å². The van der Waals surface area contributed by atoms with Crippen molar-refractivity contribution in [1.82, 2.24) is 10.3 Å². The number of para-hydroxylation sites is 1. The maximum absolute atomic E-state index is 13.4. The molecule has 0 radical (unpaired) electrons. The predicted molar refractivity (Wildman–Crippen MR) is 65.5 cm³/mol. The first-order valence-electron chi connectivity index (χ1n) is 5.78. The summed E-state index contributed by atoms with van der Waals surface area (Å²) in [6, 6.07) is 6.44. The topological polar surface area (TPSA) is 44.9 Å². The molecule has 1 aromatic carbocycles. The molecule has 0 aliphatic heterocycles. The number of amides is 1. The first-order valence-corrected chi connectivity index (χ1v) is 5.78. The number of nitrogens with one attached hydrogen (secondary N) is 2. The van der Waals surface area contributed by atoms with E-state index in [0.29, 0.717) is 23.1 Å². The Morgan fingerprint density at radius 2 is 2.29 bits per heavy atom. The van der Waals surface area contributed by atoms with Crippen LogP contribution in [-0.4, -0.2) is 17.4 Å². The number of hydrogen-bond acceptors (Lipinski definition) is 1. The van der Waals surface area contributed by atoms with Crippen LogP contribution in [0.1, 0.15) is 30.3 Å². The minimum Gasteiger partial charge on any atom is -0.351 e. The minimum atomic E-state index is -0.338. The van der Waals surface area contributed by atoms with Gasteiger partial charge in [0.25, 0.3) is 5.91 Å². The Morgan fingerprint density at radius 1 is 1.47 bits per heavy atom. The summed E-state index contributed by atoms with van der Waals surface area (Å²) in [4.78, 5) is 14.5. The van der Waals surface area contributed by atoms with Crippen molar-refractivity contribution in [2.45, 2.75) is 19.8 Å². The van der Waals surface area contributed by atoms with Crippen molar-refractivity contribution in [2.75, 3.05) is 6.54 Å². The van der Waals surface area contributed by atoms with Crippen LogP contribution in [0, 0.1) is 5.82 Å². The molecule has 0 bridgehead atoms. The molecule has 0 unspecified atom stereocenters. The fraction of sp³-hybridized carbons (Fsp3) is 0.308. The number of aromatic amines is 1. The largest absolute Gasteiger partial charge is 0.351 e. The Labute approximate surface area is 99.0 Å². The predicted octanol–water partition coefficient (Wildman–Crippen LogP) is 2.84. The highest BCUT2D eigenvalue weighted by molar-refractivity contribution is 5.98. The van der Waals surface area contributed by atoms with Crippen molar-refractivity contribution in [1.29, 1.82) is 0 Å². The number of fused-ring (bicyclic) bond motifs is 1. The zero-order chi connectivity index (χ0) is 12.3. The lowest BCUT2D eigenvalue weighted by Gasteiger charge is -2.01. The molecule has 2 aromatic rings. The van der Waals surface area contributed by atoms with E-state index in [0.717, 1.165) is 12.8 Å². The van der Waals surface area contributed by atoms with Gasteiger partial charge in [0.05, 0.1) is 5.52 Å². The number of carbonyl (C=O) groups excluding carboxylic acids is 1. The van der Waals surface area contributed by atoms with Crippen LogP contribution < -0.4 is 5.32 Å². The van der Waals surface area contributed by atoms with Crippen LogP contribution in [0.4, 0.5) is 4.39 Å². The number of H-pyrrole nitrogens is 1. The number of carbonyl (C=O) groups is 1. The van der Waals surface area contributed by atoms with E-state index in [2.05, 4.69) is 17.2 Å². The number of hydrogen-bond donors (Lipinski definition) is 2. The van der Waals surface area contributed by atoms with Crippen molar-refractivity contribution in [3.8, 4) is 0 Å². The van der Waals surface area contributed by atoms with E-state index in [-0.39, 0.29) is 11.7 Å². The summed E-state index contributed by atoms with van der Waals surface area (Å²) in [7, 11) is 0. The second-order valence-corrected chi connectivity index (χ2v) is 4.00. The second kappa shape index (κ2) is 4.99. The van der Waals surface area contributed by atoms with E-state index in [1.165, 1.54) is 6.07 Å². The van der Waals surface area contributed by atoms with Crippen LogP contribution >= 0.6 is 0 Å². The van der Waals surface area contributed by atoms with Gasteiger partial charge in [-0.25, -0.2) is 4.39 Å². The Morgan fingerprint density at radius 3 is 3.00 bits per heavy atom. The third kappa shape index (κ3) is 2.46. The van der Waals surface area contributed by atoms with Gasteiger partial charge in [0.15, 0.2) is 0 Å². The van der Waals surface area contributed by atoms with Gasteiger partial charge in [0.2, 0.25) is 0 Å². The Kier molecular flexibility index (Phi) is 3.42. The van der Waals surface area contributed by atoms with Gasteiger partial charge in [-0.15, -0.1) is 0 Å². The summed E-state index contributed by atoms with van der Waals surface area (Å²) in [6.45, 7) is 2.71. The summed E-state index contributed by atoms with van der Waals surface area (Å²) in [5.41, 5.74) is 0.786. The van der Waals surface area contributed by atoms with Crippen molar-refractivity contribution in [3.63, 3.8) is 0 Å². The van der Waals surface area contributed by atoms with Gasteiger partial charge in [-0.05, 0) is 18.6 Å². The molecule has 0 aliphatic carbocycles. The molecule has 0 saturated carbocycles. The highest BCUT2D eigenvalue weighted by Crippen LogP contribution is 2.18. The molecule has 2 rings (SSSR count). The van der Waals surface area contributed by atoms with Gasteiger partial charge in [-0.2, -0.15) is 0 Å². The summed E-state index contributed by atoms with van der Waals surface area (Å²) in [5, 5.41) is 3.50. The van der Waals surface area contributed by atoms with Crippen molar-refractivity contribution in [3.05, 3.63) is 35.8 Å². The van der Waals surface area contributed by atoms with Crippen LogP contribution in [-0.2, 0) is 0 Å². The third-order valence-corrected chi connectivity index (χ3v) is 2.67. The fourth-order valence-corrected chi connectivity index (χ4v) is 1.72. The number of unbranched alkanes of at least 4 members (excludes halogenated alkanes) is 1. The molecular weight excluding hydrogens is 219 g/mol. The van der Waals surface area contributed by atoms with E-state index in [4.69, 9.17) is 0 Å². The van der Waals surface area contributed by atoms with Crippen LogP contribution in [0.2, 0.25) is 0 Å². The Bertz CT molecular complexity index is 533. The van der Waals surface area contributed by atoms with E-state index in [9.17, 15) is 9.18 Å². The molecule has 1 amide bonds. The number of rotatable bonds is 4. The zero-order valence-corrected chi connectivity index (χ0v) is 9.72. The number of benzene rings is 1.